The minimum absolute atomic E-state index is 0.0820. The molecule has 6 heteroatoms. The van der Waals surface area contributed by atoms with Crippen LogP contribution in [-0.4, -0.2) is 30.8 Å². The van der Waals surface area contributed by atoms with Crippen molar-refractivity contribution in [1.82, 2.24) is 5.32 Å². The molecule has 19 heavy (non-hydrogen) atoms. The number of rotatable bonds is 8. The summed E-state index contributed by atoms with van der Waals surface area (Å²) in [6.07, 6.45) is 2.49. The Hall–Kier alpha value is -0.970. The van der Waals surface area contributed by atoms with E-state index in [0.717, 1.165) is 19.3 Å². The maximum absolute atomic E-state index is 11.5. The summed E-state index contributed by atoms with van der Waals surface area (Å²) in [6, 6.07) is 4.83. The van der Waals surface area contributed by atoms with Gasteiger partial charge in [-0.15, -0.1) is 0 Å². The number of aliphatic hydroxyl groups is 1. The molecule has 0 saturated heterocycles. The molecule has 0 radical (unpaired) electrons. The lowest BCUT2D eigenvalue weighted by Gasteiger charge is -2.08. The summed E-state index contributed by atoms with van der Waals surface area (Å²) in [4.78, 5) is 11.5. The monoisotopic (exact) mass is 305 g/mol. The molecule has 0 aliphatic rings. The van der Waals surface area contributed by atoms with E-state index in [0.29, 0.717) is 22.3 Å². The second-order valence-corrected chi connectivity index (χ2v) is 4.84. The SMILES string of the molecule is O=C(COc1ccc(Cl)cc1Cl)NCCCCCO. The van der Waals surface area contributed by atoms with Gasteiger partial charge in [-0.05, 0) is 37.5 Å². The van der Waals surface area contributed by atoms with Gasteiger partial charge in [0.25, 0.3) is 5.91 Å². The van der Waals surface area contributed by atoms with E-state index in [9.17, 15) is 4.79 Å². The van der Waals surface area contributed by atoms with Crippen molar-refractivity contribution in [2.75, 3.05) is 19.8 Å². The van der Waals surface area contributed by atoms with Gasteiger partial charge in [-0.1, -0.05) is 23.2 Å². The first-order valence-electron chi connectivity index (χ1n) is 6.09. The van der Waals surface area contributed by atoms with E-state index < -0.39 is 0 Å². The lowest BCUT2D eigenvalue weighted by atomic mass is 10.2. The third-order valence-corrected chi connectivity index (χ3v) is 2.94. The average molecular weight is 306 g/mol. The van der Waals surface area contributed by atoms with Gasteiger partial charge in [-0.3, -0.25) is 4.79 Å². The lowest BCUT2D eigenvalue weighted by molar-refractivity contribution is -0.123. The maximum atomic E-state index is 11.5. The van der Waals surface area contributed by atoms with Crippen molar-refractivity contribution in [1.29, 1.82) is 0 Å². The fourth-order valence-electron chi connectivity index (χ4n) is 1.43. The molecule has 106 valence electrons. The maximum Gasteiger partial charge on any atom is 0.257 e. The number of carbonyl (C=O) groups excluding carboxylic acids is 1. The number of aliphatic hydroxyl groups excluding tert-OH is 1. The summed E-state index contributed by atoms with van der Waals surface area (Å²) in [5.41, 5.74) is 0. The van der Waals surface area contributed by atoms with E-state index in [1.165, 1.54) is 0 Å². The Labute approximate surface area is 122 Å². The highest BCUT2D eigenvalue weighted by Crippen LogP contribution is 2.27. The molecule has 0 bridgehead atoms. The molecular formula is C13H17Cl2NO3. The second-order valence-electron chi connectivity index (χ2n) is 4.00. The van der Waals surface area contributed by atoms with E-state index in [4.69, 9.17) is 33.0 Å². The van der Waals surface area contributed by atoms with Crippen LogP contribution in [0.4, 0.5) is 0 Å². The largest absolute Gasteiger partial charge is 0.482 e. The van der Waals surface area contributed by atoms with Crippen molar-refractivity contribution < 1.29 is 14.6 Å². The van der Waals surface area contributed by atoms with Crippen LogP contribution in [0.1, 0.15) is 19.3 Å². The molecule has 0 heterocycles. The molecule has 1 amide bonds. The zero-order valence-corrected chi connectivity index (χ0v) is 12.0. The predicted octanol–water partition coefficient (Wildman–Crippen LogP) is 2.65. The molecule has 4 nitrogen and oxygen atoms in total. The third-order valence-electron chi connectivity index (χ3n) is 2.41. The molecule has 0 spiro atoms. The molecule has 0 fully saturated rings. The average Bonchev–Trinajstić information content (AvgIpc) is 2.37. The number of carbonyl (C=O) groups is 1. The van der Waals surface area contributed by atoms with Crippen LogP contribution >= 0.6 is 23.2 Å². The van der Waals surface area contributed by atoms with Gasteiger partial charge >= 0.3 is 0 Å². The van der Waals surface area contributed by atoms with Crippen molar-refractivity contribution in [2.24, 2.45) is 0 Å². The van der Waals surface area contributed by atoms with Crippen LogP contribution in [0.2, 0.25) is 10.0 Å². The summed E-state index contributed by atoms with van der Waals surface area (Å²) in [7, 11) is 0. The molecule has 1 aromatic carbocycles. The van der Waals surface area contributed by atoms with Crippen molar-refractivity contribution in [3.63, 3.8) is 0 Å². The van der Waals surface area contributed by atoms with Crippen LogP contribution in [0.5, 0.6) is 5.75 Å². The van der Waals surface area contributed by atoms with Gasteiger partial charge in [-0.2, -0.15) is 0 Å². The van der Waals surface area contributed by atoms with E-state index in [2.05, 4.69) is 5.32 Å². The Morgan fingerprint density at radius 2 is 2.05 bits per heavy atom. The van der Waals surface area contributed by atoms with Crippen molar-refractivity contribution in [3.05, 3.63) is 28.2 Å². The Kier molecular flexibility index (Phi) is 7.63. The van der Waals surface area contributed by atoms with Crippen LogP contribution in [0.3, 0.4) is 0 Å². The molecule has 0 aliphatic carbocycles. The number of hydrogen-bond donors (Lipinski definition) is 2. The summed E-state index contributed by atoms with van der Waals surface area (Å²) < 4.78 is 5.29. The van der Waals surface area contributed by atoms with Crippen LogP contribution in [0.15, 0.2) is 18.2 Å². The number of amides is 1. The minimum atomic E-state index is -0.199. The van der Waals surface area contributed by atoms with Gasteiger partial charge in [0.05, 0.1) is 5.02 Å². The van der Waals surface area contributed by atoms with Gasteiger partial charge in [0.15, 0.2) is 6.61 Å². The number of ether oxygens (including phenoxy) is 1. The highest BCUT2D eigenvalue weighted by molar-refractivity contribution is 6.35. The van der Waals surface area contributed by atoms with E-state index >= 15 is 0 Å². The summed E-state index contributed by atoms with van der Waals surface area (Å²) in [6.45, 7) is 0.685. The first-order valence-corrected chi connectivity index (χ1v) is 6.84. The number of hydrogen-bond acceptors (Lipinski definition) is 3. The Bertz CT molecular complexity index is 413. The van der Waals surface area contributed by atoms with E-state index in [1.807, 2.05) is 0 Å². The van der Waals surface area contributed by atoms with Gasteiger partial charge in [-0.25, -0.2) is 0 Å². The first kappa shape index (κ1) is 16.1. The van der Waals surface area contributed by atoms with E-state index in [-0.39, 0.29) is 19.1 Å². The number of halogens is 2. The molecule has 1 rings (SSSR count). The predicted molar refractivity (Wildman–Crippen MR) is 75.9 cm³/mol. The number of benzene rings is 1. The van der Waals surface area contributed by atoms with Crippen LogP contribution in [-0.2, 0) is 4.79 Å². The Morgan fingerprint density at radius 3 is 2.74 bits per heavy atom. The first-order chi connectivity index (χ1) is 9.13. The van der Waals surface area contributed by atoms with Crippen molar-refractivity contribution >= 4 is 29.1 Å². The molecule has 0 atom stereocenters. The highest BCUT2D eigenvalue weighted by Gasteiger charge is 2.05. The second kappa shape index (κ2) is 9.02. The highest BCUT2D eigenvalue weighted by atomic mass is 35.5. The van der Waals surface area contributed by atoms with Crippen LogP contribution < -0.4 is 10.1 Å². The normalized spacial score (nSPS) is 10.3. The van der Waals surface area contributed by atoms with Crippen LogP contribution in [0.25, 0.3) is 0 Å². The smallest absolute Gasteiger partial charge is 0.257 e. The summed E-state index contributed by atoms with van der Waals surface area (Å²) in [5.74, 6) is 0.233. The van der Waals surface area contributed by atoms with Crippen molar-refractivity contribution in [3.8, 4) is 5.75 Å². The molecule has 0 unspecified atom stereocenters. The van der Waals surface area contributed by atoms with Gasteiger partial charge in [0.2, 0.25) is 0 Å². The Balaban J connectivity index is 2.22. The summed E-state index contributed by atoms with van der Waals surface area (Å²) in [5, 5.41) is 12.2. The quantitative estimate of drug-likeness (QED) is 0.726. The number of unbranched alkanes of at least 4 members (excludes halogenated alkanes) is 2. The fraction of sp³-hybridized carbons (Fsp3) is 0.462. The summed E-state index contributed by atoms with van der Waals surface area (Å²) >= 11 is 11.7. The lowest BCUT2D eigenvalue weighted by Crippen LogP contribution is -2.29. The third kappa shape index (κ3) is 6.66. The molecular weight excluding hydrogens is 289 g/mol. The van der Waals surface area contributed by atoms with E-state index in [1.54, 1.807) is 18.2 Å². The minimum Gasteiger partial charge on any atom is -0.482 e. The molecule has 1 aromatic rings. The topological polar surface area (TPSA) is 58.6 Å². The number of nitrogens with one attached hydrogen (secondary N) is 1. The fourth-order valence-corrected chi connectivity index (χ4v) is 1.89. The zero-order valence-electron chi connectivity index (χ0n) is 10.5. The molecule has 0 aromatic heterocycles. The molecule has 0 aliphatic heterocycles. The van der Waals surface area contributed by atoms with Gasteiger partial charge < -0.3 is 15.2 Å². The van der Waals surface area contributed by atoms with Crippen molar-refractivity contribution in [2.45, 2.75) is 19.3 Å². The van der Waals surface area contributed by atoms with Gasteiger partial charge in [0, 0.05) is 18.2 Å². The standard InChI is InChI=1S/C13H17Cl2NO3/c14-10-4-5-12(11(15)8-10)19-9-13(18)16-6-2-1-3-7-17/h4-5,8,17H,1-3,6-7,9H2,(H,16,18). The Morgan fingerprint density at radius 1 is 1.26 bits per heavy atom. The zero-order chi connectivity index (χ0) is 14.1. The van der Waals surface area contributed by atoms with Crippen LogP contribution in [0, 0.1) is 0 Å². The molecule has 2 N–H and O–H groups in total. The van der Waals surface area contributed by atoms with Gasteiger partial charge in [0.1, 0.15) is 5.75 Å². The molecule has 0 saturated carbocycles.